The summed E-state index contributed by atoms with van der Waals surface area (Å²) in [5, 5.41) is 23.5. The van der Waals surface area contributed by atoms with Gasteiger partial charge in [-0.3, -0.25) is 4.79 Å². The number of amides is 1. The van der Waals surface area contributed by atoms with E-state index in [1.54, 1.807) is 0 Å². The highest BCUT2D eigenvalue weighted by molar-refractivity contribution is 5.76. The van der Waals surface area contributed by atoms with Crippen LogP contribution in [0.25, 0.3) is 0 Å². The van der Waals surface area contributed by atoms with Crippen molar-refractivity contribution in [2.24, 2.45) is 0 Å². The lowest BCUT2D eigenvalue weighted by Gasteiger charge is -2.22. The first kappa shape index (κ1) is 82.3. The summed E-state index contributed by atoms with van der Waals surface area (Å²) in [4.78, 5) is 12.6. The molecular weight excluding hydrogens is 1050 g/mol. The van der Waals surface area contributed by atoms with Crippen molar-refractivity contribution in [2.75, 3.05) is 6.61 Å². The molecule has 0 spiro atoms. The lowest BCUT2D eigenvalue weighted by molar-refractivity contribution is -0.123. The predicted octanol–water partition coefficient (Wildman–Crippen LogP) is 25.8. The van der Waals surface area contributed by atoms with Crippen molar-refractivity contribution in [2.45, 2.75) is 360 Å². The van der Waals surface area contributed by atoms with E-state index in [1.807, 2.05) is 0 Å². The van der Waals surface area contributed by atoms with Crippen LogP contribution in [-0.4, -0.2) is 34.9 Å². The molecule has 4 heteroatoms. The van der Waals surface area contributed by atoms with Crippen molar-refractivity contribution in [3.8, 4) is 0 Å². The number of hydrogen-bond donors (Lipinski definition) is 3. The zero-order valence-electron chi connectivity index (χ0n) is 56.8. The van der Waals surface area contributed by atoms with Gasteiger partial charge in [-0.25, -0.2) is 0 Å². The van der Waals surface area contributed by atoms with Crippen LogP contribution in [0.1, 0.15) is 348 Å². The zero-order chi connectivity index (χ0) is 61.9. The molecule has 2 atom stereocenters. The van der Waals surface area contributed by atoms with Crippen molar-refractivity contribution in [3.05, 3.63) is 146 Å². The van der Waals surface area contributed by atoms with Crippen LogP contribution in [0.4, 0.5) is 0 Å². The Morgan fingerprint density at radius 3 is 0.767 bits per heavy atom. The second kappa shape index (κ2) is 75.5. The second-order valence-corrected chi connectivity index (χ2v) is 24.6. The van der Waals surface area contributed by atoms with E-state index in [0.29, 0.717) is 12.8 Å². The molecule has 0 fully saturated rings. The van der Waals surface area contributed by atoms with Crippen LogP contribution in [0.3, 0.4) is 0 Å². The monoisotopic (exact) mass is 1190 g/mol. The largest absolute Gasteiger partial charge is 0.394 e. The molecule has 0 aliphatic rings. The molecule has 0 aromatic heterocycles. The number of unbranched alkanes of at least 4 members (excludes halogenated alkanes) is 36. The number of hydrogen-bond acceptors (Lipinski definition) is 3. The lowest BCUT2D eigenvalue weighted by atomic mass is 10.0. The molecule has 0 bridgehead atoms. The van der Waals surface area contributed by atoms with E-state index in [1.165, 1.54) is 199 Å². The van der Waals surface area contributed by atoms with Crippen molar-refractivity contribution in [3.63, 3.8) is 0 Å². The minimum absolute atomic E-state index is 0.0570. The van der Waals surface area contributed by atoms with Gasteiger partial charge < -0.3 is 15.5 Å². The standard InChI is InChI=1S/C82H141NO3/c1-3-5-7-9-11-13-15-17-19-21-23-25-27-29-31-33-35-37-38-39-40-41-42-43-44-46-48-50-52-54-56-58-60-62-64-66-68-70-72-74-76-78-82(86)83-80(79-84)81(85)77-75-73-71-69-67-65-63-61-59-57-55-53-51-49-47-45-36-34-32-30-28-26-24-22-20-18-16-14-12-10-8-6-4-2/h5,7,11,13,17,19,23,25,29,31,35,37,39-40,42-43,46,48,52,54,58,60,64,66,80-81,84-85H,3-4,6,8-10,12,14-16,18,20-22,24,26-28,30,32-34,36,38,41,44-45,47,49-51,53,55-57,59,61-63,65,67-79H2,1-2H3,(H,83,86)/b7-5-,13-11-,19-17-,25-23-,31-29-,37-35-,40-39-,43-42-,48-46-,54-52-,60-58-,66-64-. The fourth-order valence-corrected chi connectivity index (χ4v) is 10.8. The van der Waals surface area contributed by atoms with Crippen LogP contribution in [0.15, 0.2) is 146 Å². The third-order valence-corrected chi connectivity index (χ3v) is 16.4. The molecule has 0 radical (unpaired) electrons. The van der Waals surface area contributed by atoms with Gasteiger partial charge in [-0.2, -0.15) is 0 Å². The number of rotatable bonds is 67. The van der Waals surface area contributed by atoms with Gasteiger partial charge in [-0.05, 0) is 103 Å². The smallest absolute Gasteiger partial charge is 0.220 e. The number of carbonyl (C=O) groups excluding carboxylic acids is 1. The highest BCUT2D eigenvalue weighted by Gasteiger charge is 2.20. The maximum absolute atomic E-state index is 12.6. The molecular formula is C82H141NO3. The average molecular weight is 1190 g/mol. The maximum atomic E-state index is 12.6. The van der Waals surface area contributed by atoms with E-state index >= 15 is 0 Å². The first-order valence-corrected chi connectivity index (χ1v) is 37.0. The predicted molar refractivity (Wildman–Crippen MR) is 386 cm³/mol. The molecule has 1 amide bonds. The zero-order valence-corrected chi connectivity index (χ0v) is 56.8. The Hall–Kier alpha value is -3.73. The highest BCUT2D eigenvalue weighted by Crippen LogP contribution is 2.18. The molecule has 0 aliphatic carbocycles. The Kier molecular flexibility index (Phi) is 72.2. The fraction of sp³-hybridized carbons (Fsp3) is 0.695. The number of carbonyl (C=O) groups is 1. The second-order valence-electron chi connectivity index (χ2n) is 24.6. The molecule has 0 aliphatic heterocycles. The summed E-state index contributed by atoms with van der Waals surface area (Å²) in [7, 11) is 0. The normalized spacial score (nSPS) is 13.6. The van der Waals surface area contributed by atoms with Crippen LogP contribution in [0.5, 0.6) is 0 Å². The molecule has 0 aromatic rings. The Labute approximate surface area is 535 Å². The van der Waals surface area contributed by atoms with E-state index < -0.39 is 12.1 Å². The van der Waals surface area contributed by atoms with Gasteiger partial charge in [0.25, 0.3) is 0 Å². The Bertz CT molecular complexity index is 1730. The van der Waals surface area contributed by atoms with Crippen molar-refractivity contribution < 1.29 is 15.0 Å². The third-order valence-electron chi connectivity index (χ3n) is 16.4. The molecule has 0 heterocycles. The fourth-order valence-electron chi connectivity index (χ4n) is 10.8. The average Bonchev–Trinajstić information content (AvgIpc) is 3.59. The van der Waals surface area contributed by atoms with E-state index in [4.69, 9.17) is 0 Å². The van der Waals surface area contributed by atoms with Crippen molar-refractivity contribution in [1.29, 1.82) is 0 Å². The Morgan fingerprint density at radius 1 is 0.291 bits per heavy atom. The lowest BCUT2D eigenvalue weighted by Crippen LogP contribution is -2.45. The highest BCUT2D eigenvalue weighted by atomic mass is 16.3. The summed E-state index contributed by atoms with van der Waals surface area (Å²) in [6.45, 7) is 4.26. The minimum Gasteiger partial charge on any atom is -0.394 e. The summed E-state index contributed by atoms with van der Waals surface area (Å²) in [6.07, 6.45) is 118. The topological polar surface area (TPSA) is 69.6 Å². The quantitative estimate of drug-likeness (QED) is 0.0420. The van der Waals surface area contributed by atoms with Crippen LogP contribution >= 0.6 is 0 Å². The molecule has 2 unspecified atom stereocenters. The van der Waals surface area contributed by atoms with Crippen molar-refractivity contribution >= 4 is 5.91 Å². The molecule has 86 heavy (non-hydrogen) atoms. The van der Waals surface area contributed by atoms with E-state index in [0.717, 1.165) is 122 Å². The van der Waals surface area contributed by atoms with Gasteiger partial charge in [0, 0.05) is 6.42 Å². The van der Waals surface area contributed by atoms with Gasteiger partial charge in [0.15, 0.2) is 0 Å². The summed E-state index contributed by atoms with van der Waals surface area (Å²) < 4.78 is 0. The van der Waals surface area contributed by atoms with E-state index in [2.05, 4.69) is 165 Å². The van der Waals surface area contributed by atoms with Crippen LogP contribution in [0, 0.1) is 0 Å². The van der Waals surface area contributed by atoms with Gasteiger partial charge in [-0.1, -0.05) is 384 Å². The van der Waals surface area contributed by atoms with Crippen molar-refractivity contribution in [1.82, 2.24) is 5.32 Å². The Balaban J connectivity index is 3.57. The first-order chi connectivity index (χ1) is 42.7. The third kappa shape index (κ3) is 71.0. The van der Waals surface area contributed by atoms with Gasteiger partial charge in [0.1, 0.15) is 0 Å². The number of aliphatic hydroxyl groups is 2. The maximum Gasteiger partial charge on any atom is 0.220 e. The van der Waals surface area contributed by atoms with E-state index in [-0.39, 0.29) is 12.5 Å². The van der Waals surface area contributed by atoms with Crippen LogP contribution in [0.2, 0.25) is 0 Å². The molecule has 0 rings (SSSR count). The van der Waals surface area contributed by atoms with Crippen LogP contribution < -0.4 is 5.32 Å². The first-order valence-electron chi connectivity index (χ1n) is 37.0. The molecule has 0 saturated carbocycles. The summed E-state index contributed by atoms with van der Waals surface area (Å²) >= 11 is 0. The minimum atomic E-state index is -0.683. The molecule has 3 N–H and O–H groups in total. The summed E-state index contributed by atoms with van der Waals surface area (Å²) in [5.74, 6) is -0.0570. The number of aliphatic hydroxyl groups excluding tert-OH is 2. The summed E-state index contributed by atoms with van der Waals surface area (Å²) in [5.41, 5.74) is 0. The van der Waals surface area contributed by atoms with Gasteiger partial charge in [0.05, 0.1) is 18.8 Å². The molecule has 4 nitrogen and oxygen atoms in total. The molecule has 0 aromatic carbocycles. The van der Waals surface area contributed by atoms with Crippen LogP contribution in [-0.2, 0) is 4.79 Å². The molecule has 492 valence electrons. The Morgan fingerprint density at radius 2 is 0.512 bits per heavy atom. The number of nitrogens with one attached hydrogen (secondary N) is 1. The molecule has 0 saturated heterocycles. The SMILES string of the molecule is CC/C=C\C/C=C\C/C=C\C/C=C\C/C=C\C/C=C\C/C=C\C/C=C\C/C=C\C/C=C\C/C=C\C/C=C\CCCCCCC(=O)NC(CO)C(O)CCCCCCCCCCCCCCCCCCCCCCCCCCCCCCCCCCC. The van der Waals surface area contributed by atoms with Gasteiger partial charge in [0.2, 0.25) is 5.91 Å². The summed E-state index contributed by atoms with van der Waals surface area (Å²) in [6, 6.07) is -0.563. The van der Waals surface area contributed by atoms with E-state index in [9.17, 15) is 15.0 Å². The van der Waals surface area contributed by atoms with Gasteiger partial charge in [-0.15, -0.1) is 0 Å². The van der Waals surface area contributed by atoms with Gasteiger partial charge >= 0.3 is 0 Å². The number of allylic oxidation sites excluding steroid dienone is 24.